The topological polar surface area (TPSA) is 42.8 Å². The molecule has 0 amide bonds. The van der Waals surface area contributed by atoms with Gasteiger partial charge < -0.3 is 23.8 Å². The van der Waals surface area contributed by atoms with Crippen molar-refractivity contribution >= 4 is 10.9 Å². The molecule has 0 N–H and O–H groups in total. The highest BCUT2D eigenvalue weighted by Crippen LogP contribution is 2.35. The number of hydrogen-bond acceptors (Lipinski definition) is 5. The van der Waals surface area contributed by atoms with E-state index in [4.69, 9.17) is 9.47 Å². The Labute approximate surface area is 207 Å². The Morgan fingerprint density at radius 1 is 0.800 bits per heavy atom. The van der Waals surface area contributed by atoms with Crippen molar-refractivity contribution in [2.45, 2.75) is 13.0 Å². The summed E-state index contributed by atoms with van der Waals surface area (Å²) in [5.41, 5.74) is 5.66. The van der Waals surface area contributed by atoms with Gasteiger partial charge in [0, 0.05) is 78.9 Å². The molecular weight excluding hydrogens is 436 g/mol. The van der Waals surface area contributed by atoms with Crippen LogP contribution in [0.3, 0.4) is 0 Å². The van der Waals surface area contributed by atoms with E-state index in [2.05, 4.69) is 56.9 Å². The molecule has 0 unspecified atom stereocenters. The molecule has 1 aliphatic rings. The molecule has 0 spiro atoms. The Bertz CT molecular complexity index is 1290. The minimum atomic E-state index is 0.842. The maximum absolute atomic E-state index is 5.56. The van der Waals surface area contributed by atoms with E-state index in [1.165, 1.54) is 16.5 Å². The summed E-state index contributed by atoms with van der Waals surface area (Å²) in [6, 6.07) is 16.7. The van der Waals surface area contributed by atoms with Crippen molar-refractivity contribution in [3.63, 3.8) is 0 Å². The molecule has 2 aromatic heterocycles. The lowest BCUT2D eigenvalue weighted by Crippen LogP contribution is -2.44. The summed E-state index contributed by atoms with van der Waals surface area (Å²) in [5.74, 6) is 1.71. The number of methoxy groups -OCH3 is 2. The van der Waals surface area contributed by atoms with Crippen LogP contribution in [0.1, 0.15) is 6.42 Å². The second-order valence-corrected chi connectivity index (χ2v) is 9.31. The first-order chi connectivity index (χ1) is 17.1. The molecule has 6 nitrogen and oxygen atoms in total. The fraction of sp³-hybridized carbons (Fsp3) is 0.345. The number of fused-ring (bicyclic) bond motifs is 1. The Balaban J connectivity index is 1.44. The molecule has 6 heteroatoms. The largest absolute Gasteiger partial charge is 0.497 e. The van der Waals surface area contributed by atoms with Gasteiger partial charge in [-0.2, -0.15) is 0 Å². The van der Waals surface area contributed by atoms with E-state index < -0.39 is 0 Å². The van der Waals surface area contributed by atoms with Crippen LogP contribution in [0.2, 0.25) is 0 Å². The highest BCUT2D eigenvalue weighted by molar-refractivity contribution is 5.97. The third-order valence-corrected chi connectivity index (χ3v) is 7.01. The number of likely N-dealkylation sites (N-methyl/N-ethyl adjacent to an activating group) is 1. The molecule has 0 saturated carbocycles. The summed E-state index contributed by atoms with van der Waals surface area (Å²) in [5, 5.41) is 1.19. The number of benzene rings is 2. The number of rotatable bonds is 8. The Morgan fingerprint density at radius 3 is 2.37 bits per heavy atom. The molecule has 1 fully saturated rings. The van der Waals surface area contributed by atoms with Gasteiger partial charge in [0.1, 0.15) is 11.5 Å². The van der Waals surface area contributed by atoms with Crippen molar-refractivity contribution in [1.82, 2.24) is 19.4 Å². The summed E-state index contributed by atoms with van der Waals surface area (Å²) >= 11 is 0. The van der Waals surface area contributed by atoms with Gasteiger partial charge in [0.05, 0.1) is 14.2 Å². The van der Waals surface area contributed by atoms with E-state index >= 15 is 0 Å². The molecule has 2 aromatic carbocycles. The van der Waals surface area contributed by atoms with Gasteiger partial charge in [-0.25, -0.2) is 0 Å². The molecule has 0 radical (unpaired) electrons. The van der Waals surface area contributed by atoms with Crippen molar-refractivity contribution in [3.05, 3.63) is 67.1 Å². The van der Waals surface area contributed by atoms with Crippen molar-refractivity contribution < 1.29 is 9.47 Å². The lowest BCUT2D eigenvalue weighted by molar-refractivity contribution is 0.151. The van der Waals surface area contributed by atoms with E-state index in [1.807, 2.05) is 36.7 Å². The van der Waals surface area contributed by atoms with Crippen molar-refractivity contribution in [1.29, 1.82) is 0 Å². The zero-order valence-corrected chi connectivity index (χ0v) is 20.9. The molecular formula is C29H34N4O2. The van der Waals surface area contributed by atoms with Gasteiger partial charge in [-0.3, -0.25) is 4.98 Å². The van der Waals surface area contributed by atoms with Crippen LogP contribution in [0.4, 0.5) is 0 Å². The number of ether oxygens (including phenoxy) is 2. The fourth-order valence-corrected chi connectivity index (χ4v) is 4.90. The molecule has 1 saturated heterocycles. The first-order valence-corrected chi connectivity index (χ1v) is 12.3. The summed E-state index contributed by atoms with van der Waals surface area (Å²) in [4.78, 5) is 9.58. The molecule has 3 heterocycles. The van der Waals surface area contributed by atoms with E-state index in [1.54, 1.807) is 14.2 Å². The molecule has 182 valence electrons. The monoisotopic (exact) mass is 470 g/mol. The summed E-state index contributed by atoms with van der Waals surface area (Å²) < 4.78 is 13.4. The molecule has 0 atom stereocenters. The Hall–Kier alpha value is -3.35. The lowest BCUT2D eigenvalue weighted by Gasteiger charge is -2.32. The lowest BCUT2D eigenvalue weighted by atomic mass is 10.0. The van der Waals surface area contributed by atoms with Crippen LogP contribution in [0.25, 0.3) is 33.2 Å². The van der Waals surface area contributed by atoms with Crippen LogP contribution >= 0.6 is 0 Å². The minimum absolute atomic E-state index is 0.842. The Kier molecular flexibility index (Phi) is 7.02. The summed E-state index contributed by atoms with van der Waals surface area (Å²) in [6.07, 6.45) is 7.27. The number of nitrogens with zero attached hydrogens (tertiary/aromatic N) is 4. The zero-order chi connectivity index (χ0) is 24.2. The van der Waals surface area contributed by atoms with Crippen LogP contribution in [0.5, 0.6) is 11.5 Å². The highest BCUT2D eigenvalue weighted by atomic mass is 16.5. The van der Waals surface area contributed by atoms with Crippen LogP contribution < -0.4 is 9.47 Å². The van der Waals surface area contributed by atoms with Gasteiger partial charge in [-0.05, 0) is 62.0 Å². The van der Waals surface area contributed by atoms with E-state index in [9.17, 15) is 0 Å². The third-order valence-electron chi connectivity index (χ3n) is 7.01. The maximum atomic E-state index is 5.56. The predicted molar refractivity (Wildman–Crippen MR) is 142 cm³/mol. The number of hydrogen-bond donors (Lipinski definition) is 0. The average Bonchev–Trinajstić information content (AvgIpc) is 3.27. The minimum Gasteiger partial charge on any atom is -0.497 e. The number of aromatic nitrogens is 2. The van der Waals surface area contributed by atoms with Gasteiger partial charge in [-0.1, -0.05) is 12.1 Å². The van der Waals surface area contributed by atoms with Crippen LogP contribution in [0, 0.1) is 0 Å². The number of aryl methyl sites for hydroxylation is 1. The molecule has 0 bridgehead atoms. The van der Waals surface area contributed by atoms with Crippen LogP contribution in [-0.2, 0) is 6.54 Å². The van der Waals surface area contributed by atoms with Crippen LogP contribution in [0.15, 0.2) is 67.1 Å². The number of piperazine rings is 1. The van der Waals surface area contributed by atoms with E-state index in [-0.39, 0.29) is 0 Å². The van der Waals surface area contributed by atoms with Gasteiger partial charge in [0.25, 0.3) is 0 Å². The fourth-order valence-electron chi connectivity index (χ4n) is 4.90. The Morgan fingerprint density at radius 2 is 1.57 bits per heavy atom. The van der Waals surface area contributed by atoms with Gasteiger partial charge >= 0.3 is 0 Å². The van der Waals surface area contributed by atoms with E-state index in [0.717, 1.165) is 73.9 Å². The normalized spacial score (nSPS) is 14.9. The summed E-state index contributed by atoms with van der Waals surface area (Å²) in [7, 11) is 5.62. The maximum Gasteiger partial charge on any atom is 0.119 e. The molecule has 0 aliphatic carbocycles. The zero-order valence-electron chi connectivity index (χ0n) is 20.9. The molecule has 35 heavy (non-hydrogen) atoms. The highest BCUT2D eigenvalue weighted by Gasteiger charge is 2.15. The first kappa shape index (κ1) is 23.4. The SMILES string of the molecule is COc1cccc(-c2cncc(-c3cn(CCCN4CCN(C)CC4)c4ccc(OC)cc34)c2)c1. The number of pyridine rings is 1. The van der Waals surface area contributed by atoms with Gasteiger partial charge in [-0.15, -0.1) is 0 Å². The molecule has 4 aromatic rings. The molecule has 1 aliphatic heterocycles. The van der Waals surface area contributed by atoms with Crippen LogP contribution in [-0.4, -0.2) is 73.3 Å². The second-order valence-electron chi connectivity index (χ2n) is 9.31. The van der Waals surface area contributed by atoms with Crippen molar-refractivity contribution in [2.24, 2.45) is 0 Å². The average molecular weight is 471 g/mol. The van der Waals surface area contributed by atoms with Gasteiger partial charge in [0.2, 0.25) is 0 Å². The summed E-state index contributed by atoms with van der Waals surface area (Å²) in [6.45, 7) is 6.76. The van der Waals surface area contributed by atoms with Crippen molar-refractivity contribution in [3.8, 4) is 33.8 Å². The molecule has 5 rings (SSSR count). The third kappa shape index (κ3) is 5.19. The predicted octanol–water partition coefficient (Wildman–Crippen LogP) is 5.03. The van der Waals surface area contributed by atoms with Crippen molar-refractivity contribution in [2.75, 3.05) is 54.0 Å². The second kappa shape index (κ2) is 10.5. The smallest absolute Gasteiger partial charge is 0.119 e. The standard InChI is InChI=1S/C29H34N4O2/c1-31-12-14-32(15-13-31)10-5-11-33-21-28(27-18-26(35-3)8-9-29(27)33)24-16-23(19-30-20-24)22-6-4-7-25(17-22)34-2/h4,6-9,16-21H,5,10-15H2,1-3H3. The first-order valence-electron chi connectivity index (χ1n) is 12.3. The quantitative estimate of drug-likeness (QED) is 0.362. The van der Waals surface area contributed by atoms with E-state index in [0.29, 0.717) is 0 Å². The van der Waals surface area contributed by atoms with Gasteiger partial charge in [0.15, 0.2) is 0 Å².